The molecule has 3 atom stereocenters. The molecule has 1 saturated heterocycles. The Hall–Kier alpha value is -1.87. The number of rotatable bonds is 4. The summed E-state index contributed by atoms with van der Waals surface area (Å²) < 4.78 is 5.57. The van der Waals surface area contributed by atoms with Crippen LogP contribution in [-0.2, 0) is 4.74 Å². The van der Waals surface area contributed by atoms with Gasteiger partial charge in [0.2, 0.25) is 5.95 Å². The zero-order valence-electron chi connectivity index (χ0n) is 14.8. The number of aromatic nitrogens is 2. The van der Waals surface area contributed by atoms with Crippen LogP contribution in [0.1, 0.15) is 18.4 Å². The molecule has 1 aliphatic carbocycles. The number of nitrogens with zero attached hydrogens (tertiary/aromatic N) is 3. The molecule has 8 nitrogen and oxygen atoms in total. The van der Waals surface area contributed by atoms with Gasteiger partial charge in [-0.25, -0.2) is 4.98 Å². The number of allylic oxidation sites excluding steroid dienone is 1. The number of aliphatic hydroxyl groups excluding tert-OH is 1. The van der Waals surface area contributed by atoms with Gasteiger partial charge in [-0.15, -0.1) is 0 Å². The van der Waals surface area contributed by atoms with E-state index in [0.717, 1.165) is 23.6 Å². The lowest BCUT2D eigenvalue weighted by atomic mass is 9.89. The van der Waals surface area contributed by atoms with E-state index in [2.05, 4.69) is 38.5 Å². The number of fused-ring (bicyclic) bond motifs is 2. The summed E-state index contributed by atoms with van der Waals surface area (Å²) in [6.07, 6.45) is 2.12. The Labute approximate surface area is 157 Å². The second-order valence-corrected chi connectivity index (χ2v) is 7.20. The molecule has 0 aromatic carbocycles. The van der Waals surface area contributed by atoms with Crippen LogP contribution in [0, 0.1) is 0 Å². The Morgan fingerprint density at radius 2 is 2.23 bits per heavy atom. The Morgan fingerprint density at radius 1 is 1.42 bits per heavy atom. The summed E-state index contributed by atoms with van der Waals surface area (Å²) in [5.41, 5.74) is 8.93. The number of methoxy groups -OCH3 is 1. The van der Waals surface area contributed by atoms with Gasteiger partial charge in [0.25, 0.3) is 0 Å². The van der Waals surface area contributed by atoms with E-state index in [4.69, 9.17) is 22.1 Å². The summed E-state index contributed by atoms with van der Waals surface area (Å²) in [5.74, 6) is 1.61. The van der Waals surface area contributed by atoms with Gasteiger partial charge in [-0.1, -0.05) is 11.6 Å². The molecule has 5 N–H and O–H groups in total. The molecule has 3 heterocycles. The zero-order chi connectivity index (χ0) is 18.4. The first-order chi connectivity index (χ1) is 12.5. The molecule has 1 aromatic heterocycles. The Morgan fingerprint density at radius 3 is 2.96 bits per heavy atom. The average molecular weight is 379 g/mol. The molecule has 4 rings (SSSR count). The van der Waals surface area contributed by atoms with E-state index in [1.54, 1.807) is 7.11 Å². The Balaban J connectivity index is 1.71. The minimum absolute atomic E-state index is 0.0103. The number of anilines is 2. The third kappa shape index (κ3) is 2.73. The molecule has 3 aliphatic rings. The summed E-state index contributed by atoms with van der Waals surface area (Å²) in [4.78, 5) is 10.6. The number of hydrogen-bond donors (Lipinski definition) is 4. The predicted octanol–water partition coefficient (Wildman–Crippen LogP) is 0.356. The van der Waals surface area contributed by atoms with Crippen LogP contribution in [0.2, 0.25) is 5.15 Å². The van der Waals surface area contributed by atoms with Crippen molar-refractivity contribution in [1.82, 2.24) is 20.6 Å². The normalized spacial score (nSPS) is 27.5. The molecule has 9 heteroatoms. The molecule has 26 heavy (non-hydrogen) atoms. The van der Waals surface area contributed by atoms with Crippen LogP contribution < -0.4 is 21.3 Å². The Kier molecular flexibility index (Phi) is 4.52. The maximum Gasteiger partial charge on any atom is 0.223 e. The van der Waals surface area contributed by atoms with Crippen molar-refractivity contribution in [2.45, 2.75) is 24.9 Å². The maximum atomic E-state index is 9.78. The first kappa shape index (κ1) is 17.5. The highest BCUT2D eigenvalue weighted by molar-refractivity contribution is 6.30. The van der Waals surface area contributed by atoms with E-state index >= 15 is 0 Å². The van der Waals surface area contributed by atoms with Crippen molar-refractivity contribution < 1.29 is 9.84 Å². The molecule has 0 amide bonds. The molecule has 0 spiro atoms. The molecule has 0 radical (unpaired) electrons. The van der Waals surface area contributed by atoms with E-state index in [-0.39, 0.29) is 30.6 Å². The fourth-order valence-corrected chi connectivity index (χ4v) is 4.45. The van der Waals surface area contributed by atoms with Crippen molar-refractivity contribution in [2.24, 2.45) is 0 Å². The number of nitrogens with two attached hydrogens (primary N) is 1. The number of halogens is 1. The number of aliphatic hydroxyl groups is 1. The highest BCUT2D eigenvalue weighted by Crippen LogP contribution is 2.40. The number of hydrogen-bond acceptors (Lipinski definition) is 8. The molecule has 3 unspecified atom stereocenters. The van der Waals surface area contributed by atoms with Crippen LogP contribution in [0.3, 0.4) is 0 Å². The molecule has 140 valence electrons. The second kappa shape index (κ2) is 6.70. The number of ether oxygens (including phenoxy) is 1. The molecule has 0 saturated carbocycles. The SMILES string of the molecule is COC1=CC2NCNC2C(CN2CC(CO)c3c(Cl)nc(N)nc32)=C1C. The van der Waals surface area contributed by atoms with Gasteiger partial charge >= 0.3 is 0 Å². The fraction of sp³-hybridized carbons (Fsp3) is 0.529. The highest BCUT2D eigenvalue weighted by atomic mass is 35.5. The lowest BCUT2D eigenvalue weighted by molar-refractivity contribution is 0.270. The average Bonchev–Trinajstić information content (AvgIpc) is 3.21. The molecular formula is C17H23ClN6O2. The van der Waals surface area contributed by atoms with Crippen molar-refractivity contribution in [3.8, 4) is 0 Å². The van der Waals surface area contributed by atoms with Gasteiger partial charge in [-0.2, -0.15) is 4.98 Å². The molecule has 1 aromatic rings. The second-order valence-electron chi connectivity index (χ2n) is 6.84. The van der Waals surface area contributed by atoms with Gasteiger partial charge in [0.05, 0.1) is 19.8 Å². The summed E-state index contributed by atoms with van der Waals surface area (Å²) in [5, 5.41) is 17.0. The van der Waals surface area contributed by atoms with E-state index in [0.29, 0.717) is 24.1 Å². The monoisotopic (exact) mass is 378 g/mol. The van der Waals surface area contributed by atoms with Crippen LogP contribution >= 0.6 is 11.6 Å². The van der Waals surface area contributed by atoms with Crippen molar-refractivity contribution in [3.63, 3.8) is 0 Å². The van der Waals surface area contributed by atoms with E-state index in [9.17, 15) is 5.11 Å². The lowest BCUT2D eigenvalue weighted by Gasteiger charge is -2.31. The lowest BCUT2D eigenvalue weighted by Crippen LogP contribution is -2.42. The largest absolute Gasteiger partial charge is 0.497 e. The third-order valence-electron chi connectivity index (χ3n) is 5.42. The standard InChI is InChI=1S/C17H23ClN6O2/c1-8-10(14-11(20-7-21-14)3-12(8)26-2)5-24-4-9(6-25)13-15(18)22-17(19)23-16(13)24/h3,9,11,14,20-21,25H,4-7H2,1-2H3,(H2,19,22,23). The predicted molar refractivity (Wildman–Crippen MR) is 100 cm³/mol. The van der Waals surface area contributed by atoms with Gasteiger partial charge in [-0.05, 0) is 24.1 Å². The summed E-state index contributed by atoms with van der Waals surface area (Å²) in [6.45, 7) is 4.08. The van der Waals surface area contributed by atoms with E-state index in [1.165, 1.54) is 5.57 Å². The van der Waals surface area contributed by atoms with Gasteiger partial charge in [0.1, 0.15) is 16.7 Å². The van der Waals surface area contributed by atoms with E-state index in [1.807, 2.05) is 0 Å². The summed E-state index contributed by atoms with van der Waals surface area (Å²) >= 11 is 6.29. The molecule has 0 bridgehead atoms. The van der Waals surface area contributed by atoms with E-state index < -0.39 is 0 Å². The van der Waals surface area contributed by atoms with Crippen LogP contribution in [0.5, 0.6) is 0 Å². The van der Waals surface area contributed by atoms with Gasteiger partial charge in [0.15, 0.2) is 0 Å². The maximum absolute atomic E-state index is 9.78. The quantitative estimate of drug-likeness (QED) is 0.556. The van der Waals surface area contributed by atoms with Crippen LogP contribution in [0.4, 0.5) is 11.8 Å². The topological polar surface area (TPSA) is 109 Å². The van der Waals surface area contributed by atoms with Crippen molar-refractivity contribution in [3.05, 3.63) is 33.7 Å². The summed E-state index contributed by atoms with van der Waals surface area (Å²) in [7, 11) is 1.69. The highest BCUT2D eigenvalue weighted by Gasteiger charge is 2.38. The minimum Gasteiger partial charge on any atom is -0.497 e. The van der Waals surface area contributed by atoms with Gasteiger partial charge < -0.3 is 20.5 Å². The Bertz CT molecular complexity index is 796. The number of nitrogens with one attached hydrogen (secondary N) is 2. The first-order valence-electron chi connectivity index (χ1n) is 8.64. The van der Waals surface area contributed by atoms with Crippen LogP contribution in [0.15, 0.2) is 23.0 Å². The van der Waals surface area contributed by atoms with Crippen molar-refractivity contribution in [2.75, 3.05) is 44.1 Å². The molecule has 1 fully saturated rings. The van der Waals surface area contributed by atoms with Gasteiger partial charge in [0, 0.05) is 37.3 Å². The van der Waals surface area contributed by atoms with Gasteiger partial charge in [-0.3, -0.25) is 10.6 Å². The zero-order valence-corrected chi connectivity index (χ0v) is 15.5. The fourth-order valence-electron chi connectivity index (χ4n) is 4.12. The smallest absolute Gasteiger partial charge is 0.223 e. The summed E-state index contributed by atoms with van der Waals surface area (Å²) in [6, 6.07) is 0.388. The van der Waals surface area contributed by atoms with Crippen LogP contribution in [0.25, 0.3) is 0 Å². The van der Waals surface area contributed by atoms with Crippen LogP contribution in [-0.4, -0.2) is 60.6 Å². The molecular weight excluding hydrogens is 356 g/mol. The van der Waals surface area contributed by atoms with Crippen molar-refractivity contribution in [1.29, 1.82) is 0 Å². The number of nitrogen functional groups attached to an aromatic ring is 1. The first-order valence-corrected chi connectivity index (χ1v) is 9.02. The van der Waals surface area contributed by atoms with Crippen molar-refractivity contribution >= 4 is 23.4 Å². The molecule has 2 aliphatic heterocycles. The minimum atomic E-state index is -0.120. The third-order valence-corrected chi connectivity index (χ3v) is 5.71.